The Hall–Kier alpha value is -3.58. The first-order valence-electron chi connectivity index (χ1n) is 13.4. The molecule has 40 heavy (non-hydrogen) atoms. The van der Waals surface area contributed by atoms with Crippen molar-refractivity contribution < 1.29 is 34.0 Å². The largest absolute Gasteiger partial charge is 0.497 e. The van der Waals surface area contributed by atoms with E-state index in [4.69, 9.17) is 9.47 Å². The summed E-state index contributed by atoms with van der Waals surface area (Å²) in [6.07, 6.45) is -2.39. The Balaban J connectivity index is 1.14. The molecule has 1 amide bonds. The van der Waals surface area contributed by atoms with Crippen LogP contribution in [0.15, 0.2) is 54.7 Å². The van der Waals surface area contributed by atoms with E-state index in [1.807, 2.05) is 29.2 Å². The number of amides is 1. The van der Waals surface area contributed by atoms with Crippen LogP contribution in [-0.4, -0.2) is 104 Å². The van der Waals surface area contributed by atoms with Crippen molar-refractivity contribution in [2.45, 2.75) is 55.4 Å². The van der Waals surface area contributed by atoms with Gasteiger partial charge in [-0.05, 0) is 42.8 Å². The van der Waals surface area contributed by atoms with Gasteiger partial charge < -0.3 is 34.6 Å². The minimum absolute atomic E-state index is 0.0412. The highest BCUT2D eigenvalue weighted by Gasteiger charge is 2.49. The summed E-state index contributed by atoms with van der Waals surface area (Å²) in [6, 6.07) is 12.9. The van der Waals surface area contributed by atoms with Crippen molar-refractivity contribution in [1.29, 1.82) is 0 Å². The summed E-state index contributed by atoms with van der Waals surface area (Å²) in [5, 5.41) is 40.2. The summed E-state index contributed by atoms with van der Waals surface area (Å²) in [5.74, 6) is 0.202. The first-order chi connectivity index (χ1) is 19.4. The number of aromatic nitrogens is 3. The van der Waals surface area contributed by atoms with Gasteiger partial charge in [0.2, 0.25) is 5.91 Å². The van der Waals surface area contributed by atoms with Crippen LogP contribution < -0.4 is 9.64 Å². The van der Waals surface area contributed by atoms with Crippen LogP contribution in [0.3, 0.4) is 0 Å². The zero-order valence-corrected chi connectivity index (χ0v) is 22.0. The number of rotatable bonds is 7. The minimum atomic E-state index is -1.31. The number of fused-ring (bicyclic) bond motifs is 2. The molecule has 12 heteroatoms. The number of piperazine rings is 1. The zero-order valence-electron chi connectivity index (χ0n) is 22.0. The molecule has 0 unspecified atom stereocenters. The normalized spacial score (nSPS) is 29.7. The second-order valence-corrected chi connectivity index (χ2v) is 10.6. The molecule has 6 rings (SSSR count). The SMILES string of the molecule is COc1ccc(N2C[C@@H]3C[C@H]2CN3C(=O)C[C@@H]2O[C@H](CO)[C@H](O)[C@H](n3cc(-c4cccc(F)c4)nn3)[C@H]2O)cc1. The van der Waals surface area contributed by atoms with Gasteiger partial charge in [0.25, 0.3) is 0 Å². The lowest BCUT2D eigenvalue weighted by molar-refractivity contribution is -0.208. The van der Waals surface area contributed by atoms with Gasteiger partial charge in [-0.25, -0.2) is 9.07 Å². The molecule has 0 spiro atoms. The van der Waals surface area contributed by atoms with E-state index >= 15 is 0 Å². The maximum Gasteiger partial charge on any atom is 0.225 e. The van der Waals surface area contributed by atoms with Crippen LogP contribution in [0.5, 0.6) is 5.75 Å². The third kappa shape index (κ3) is 4.81. The lowest BCUT2D eigenvalue weighted by Crippen LogP contribution is -2.57. The molecule has 1 aromatic heterocycles. The average molecular weight is 554 g/mol. The molecule has 0 radical (unpaired) electrons. The fourth-order valence-electron chi connectivity index (χ4n) is 6.21. The number of hydrogen-bond acceptors (Lipinski definition) is 9. The van der Waals surface area contributed by atoms with Gasteiger partial charge in [-0.3, -0.25) is 4.79 Å². The standard InChI is InChI=1S/C28H32FN5O6/c1-39-21-7-5-18(6-8-21)32-12-20-10-19(32)13-33(20)25(36)11-23-27(37)26(28(38)24(15-35)40-23)34-14-22(30-31-34)16-3-2-4-17(29)9-16/h2-9,14,19-20,23-24,26-28,35,37-38H,10-13,15H2,1H3/t19-,20-,23-,24+,26+,27-,28-/m0/s1. The molecule has 3 aliphatic heterocycles. The molecule has 4 heterocycles. The van der Waals surface area contributed by atoms with Crippen LogP contribution in [0.25, 0.3) is 11.3 Å². The molecule has 11 nitrogen and oxygen atoms in total. The average Bonchev–Trinajstić information content (AvgIpc) is 3.71. The van der Waals surface area contributed by atoms with Crippen molar-refractivity contribution in [3.8, 4) is 17.0 Å². The molecule has 3 aromatic rings. The second kappa shape index (κ2) is 10.8. The predicted molar refractivity (Wildman–Crippen MR) is 141 cm³/mol. The summed E-state index contributed by atoms with van der Waals surface area (Å²) in [4.78, 5) is 17.6. The van der Waals surface area contributed by atoms with E-state index in [0.29, 0.717) is 24.3 Å². The summed E-state index contributed by atoms with van der Waals surface area (Å²) in [6.45, 7) is 0.763. The fraction of sp³-hybridized carbons (Fsp3) is 0.464. The third-order valence-electron chi connectivity index (χ3n) is 8.27. The van der Waals surface area contributed by atoms with Crippen molar-refractivity contribution in [2.24, 2.45) is 0 Å². The van der Waals surface area contributed by atoms with Crippen LogP contribution in [0.2, 0.25) is 0 Å². The van der Waals surface area contributed by atoms with Crippen molar-refractivity contribution in [2.75, 3.05) is 31.7 Å². The highest BCUT2D eigenvalue weighted by Crippen LogP contribution is 2.37. The first-order valence-corrected chi connectivity index (χ1v) is 13.4. The van der Waals surface area contributed by atoms with E-state index in [-0.39, 0.29) is 24.4 Å². The van der Waals surface area contributed by atoms with Crippen LogP contribution in [0.1, 0.15) is 18.9 Å². The lowest BCUT2D eigenvalue weighted by Gasteiger charge is -2.43. The van der Waals surface area contributed by atoms with Crippen LogP contribution in [-0.2, 0) is 9.53 Å². The topological polar surface area (TPSA) is 133 Å². The lowest BCUT2D eigenvalue weighted by atomic mass is 9.91. The van der Waals surface area contributed by atoms with Crippen molar-refractivity contribution in [1.82, 2.24) is 19.9 Å². The van der Waals surface area contributed by atoms with E-state index in [0.717, 1.165) is 17.9 Å². The van der Waals surface area contributed by atoms with Gasteiger partial charge in [-0.1, -0.05) is 17.3 Å². The van der Waals surface area contributed by atoms with Gasteiger partial charge in [0.15, 0.2) is 0 Å². The van der Waals surface area contributed by atoms with Gasteiger partial charge in [0.1, 0.15) is 41.6 Å². The molecule has 0 saturated carbocycles. The Labute approximate surface area is 230 Å². The quantitative estimate of drug-likeness (QED) is 0.392. The number of likely N-dealkylation sites (tertiary alicyclic amines) is 1. The number of benzene rings is 2. The number of carbonyl (C=O) groups excluding carboxylic acids is 1. The third-order valence-corrected chi connectivity index (χ3v) is 8.27. The predicted octanol–water partition coefficient (Wildman–Crippen LogP) is 0.995. The van der Waals surface area contributed by atoms with E-state index in [2.05, 4.69) is 15.2 Å². The number of aliphatic hydroxyl groups is 3. The van der Waals surface area contributed by atoms with Crippen molar-refractivity contribution in [3.63, 3.8) is 0 Å². The molecule has 3 fully saturated rings. The Morgan fingerprint density at radius 1 is 1.10 bits per heavy atom. The summed E-state index contributed by atoms with van der Waals surface area (Å²) < 4.78 is 26.1. The maximum atomic E-state index is 13.7. The summed E-state index contributed by atoms with van der Waals surface area (Å²) in [7, 11) is 1.63. The highest BCUT2D eigenvalue weighted by atomic mass is 19.1. The van der Waals surface area contributed by atoms with Gasteiger partial charge >= 0.3 is 0 Å². The van der Waals surface area contributed by atoms with Gasteiger partial charge in [0.05, 0.1) is 38.5 Å². The second-order valence-electron chi connectivity index (χ2n) is 10.6. The fourth-order valence-corrected chi connectivity index (χ4v) is 6.21. The monoisotopic (exact) mass is 553 g/mol. The van der Waals surface area contributed by atoms with Crippen molar-refractivity contribution >= 4 is 11.6 Å². The summed E-state index contributed by atoms with van der Waals surface area (Å²) in [5.41, 5.74) is 1.92. The Bertz CT molecular complexity index is 1350. The van der Waals surface area contributed by atoms with Crippen LogP contribution in [0.4, 0.5) is 10.1 Å². The number of aliphatic hydroxyl groups excluding tert-OH is 3. The molecular weight excluding hydrogens is 521 g/mol. The molecule has 2 aromatic carbocycles. The van der Waals surface area contributed by atoms with Crippen LogP contribution in [0, 0.1) is 5.82 Å². The Morgan fingerprint density at radius 2 is 1.88 bits per heavy atom. The number of nitrogens with zero attached hydrogens (tertiary/aromatic N) is 5. The van der Waals surface area contributed by atoms with E-state index < -0.39 is 42.9 Å². The molecule has 2 bridgehead atoms. The van der Waals surface area contributed by atoms with E-state index in [1.165, 1.54) is 23.0 Å². The number of carbonyl (C=O) groups is 1. The number of halogens is 1. The van der Waals surface area contributed by atoms with Gasteiger partial charge in [-0.15, -0.1) is 5.10 Å². The van der Waals surface area contributed by atoms with Crippen molar-refractivity contribution in [3.05, 3.63) is 60.5 Å². The van der Waals surface area contributed by atoms with Gasteiger partial charge in [-0.2, -0.15) is 0 Å². The molecule has 3 aliphatic rings. The number of ether oxygens (including phenoxy) is 2. The van der Waals surface area contributed by atoms with Crippen LogP contribution >= 0.6 is 0 Å². The van der Waals surface area contributed by atoms with Gasteiger partial charge in [0, 0.05) is 30.4 Å². The molecular formula is C28H32FN5O6. The molecule has 3 saturated heterocycles. The Morgan fingerprint density at radius 3 is 2.55 bits per heavy atom. The smallest absolute Gasteiger partial charge is 0.225 e. The molecule has 0 aliphatic carbocycles. The van der Waals surface area contributed by atoms with E-state index in [1.54, 1.807) is 19.2 Å². The zero-order chi connectivity index (χ0) is 28.0. The Kier molecular flexibility index (Phi) is 7.17. The molecule has 7 atom stereocenters. The molecule has 212 valence electrons. The number of anilines is 1. The summed E-state index contributed by atoms with van der Waals surface area (Å²) >= 11 is 0. The van der Waals surface area contributed by atoms with E-state index in [9.17, 15) is 24.5 Å². The number of methoxy groups -OCH3 is 1. The number of hydrogen-bond donors (Lipinski definition) is 3. The highest BCUT2D eigenvalue weighted by molar-refractivity contribution is 5.78. The first kappa shape index (κ1) is 26.6. The molecule has 3 N–H and O–H groups in total. The minimum Gasteiger partial charge on any atom is -0.497 e. The maximum absolute atomic E-state index is 13.7.